The van der Waals surface area contributed by atoms with E-state index < -0.39 is 19.2 Å². The van der Waals surface area contributed by atoms with Crippen LogP contribution in [-0.4, -0.2) is 34.2 Å². The molecule has 0 bridgehead atoms. The second kappa shape index (κ2) is 18.7. The molecule has 0 aliphatic carbocycles. The van der Waals surface area contributed by atoms with Gasteiger partial charge < -0.3 is 5.11 Å². The molecule has 0 spiro atoms. The van der Waals surface area contributed by atoms with E-state index in [0.717, 1.165) is 43.2 Å². The third kappa shape index (κ3) is 17.1. The molecular formula is C27H45ClO6S2. The summed E-state index contributed by atoms with van der Waals surface area (Å²) in [5, 5.41) is 8.68. The summed E-state index contributed by atoms with van der Waals surface area (Å²) in [7, 11) is -2.07. The zero-order valence-corrected chi connectivity index (χ0v) is 24.1. The molecule has 2 unspecified atom stereocenters. The van der Waals surface area contributed by atoms with Gasteiger partial charge in [-0.15, -0.1) is 0 Å². The molecule has 0 amide bonds. The van der Waals surface area contributed by atoms with Gasteiger partial charge in [-0.2, -0.15) is 8.42 Å². The summed E-state index contributed by atoms with van der Waals surface area (Å²) in [4.78, 5) is 0.371. The van der Waals surface area contributed by atoms with Crippen LogP contribution in [0, 0.1) is 13.8 Å². The Bertz CT molecular complexity index is 1030. The first-order valence-corrected chi connectivity index (χ1v) is 15.6. The summed E-state index contributed by atoms with van der Waals surface area (Å²) in [5.41, 5.74) is 2.04. The lowest BCUT2D eigenvalue weighted by Gasteiger charge is -2.12. The maximum atomic E-state index is 11.9. The minimum absolute atomic E-state index is 0. The van der Waals surface area contributed by atoms with E-state index in [2.05, 4.69) is 13.8 Å². The Balaban J connectivity index is 0. The Hall–Kier alpha value is -1.45. The van der Waals surface area contributed by atoms with Crippen molar-refractivity contribution in [3.05, 3.63) is 59.7 Å². The summed E-state index contributed by atoms with van der Waals surface area (Å²) >= 11 is 0. The van der Waals surface area contributed by atoms with Crippen molar-refractivity contribution < 1.29 is 26.1 Å². The molecule has 0 aliphatic heterocycles. The van der Waals surface area contributed by atoms with Crippen molar-refractivity contribution in [2.75, 3.05) is 0 Å². The van der Waals surface area contributed by atoms with E-state index in [0.29, 0.717) is 0 Å². The molecule has 208 valence electrons. The van der Waals surface area contributed by atoms with Crippen LogP contribution >= 0.6 is 10.7 Å². The number of benzene rings is 2. The number of unbranched alkanes of at least 4 members (excludes halogenated alkanes) is 2. The van der Waals surface area contributed by atoms with Crippen molar-refractivity contribution in [3.63, 3.8) is 0 Å². The van der Waals surface area contributed by atoms with Gasteiger partial charge >= 0.3 is 0 Å². The quantitative estimate of drug-likeness (QED) is 0.238. The van der Waals surface area contributed by atoms with E-state index >= 15 is 0 Å². The van der Waals surface area contributed by atoms with Crippen molar-refractivity contribution in [3.8, 4) is 0 Å². The summed E-state index contributed by atoms with van der Waals surface area (Å²) in [5.74, 6) is 0. The Morgan fingerprint density at radius 2 is 1.17 bits per heavy atom. The van der Waals surface area contributed by atoms with Crippen LogP contribution in [-0.2, 0) is 23.4 Å². The molecule has 6 nitrogen and oxygen atoms in total. The van der Waals surface area contributed by atoms with Gasteiger partial charge in [0.15, 0.2) is 0 Å². The van der Waals surface area contributed by atoms with Crippen LogP contribution < -0.4 is 0 Å². The van der Waals surface area contributed by atoms with E-state index in [-0.39, 0.29) is 29.4 Å². The molecule has 0 aliphatic rings. The number of hydrogen-bond donors (Lipinski definition) is 1. The van der Waals surface area contributed by atoms with Gasteiger partial charge in [0, 0.05) is 10.7 Å². The Labute approximate surface area is 224 Å². The number of aryl methyl sites for hydroxylation is 2. The molecule has 1 N–H and O–H groups in total. The second-order valence-corrected chi connectivity index (χ2v) is 12.7. The molecule has 2 aromatic carbocycles. The molecular weight excluding hydrogens is 520 g/mol. The fourth-order valence-electron chi connectivity index (χ4n) is 2.72. The topological polar surface area (TPSA) is 97.7 Å². The molecule has 0 aromatic heterocycles. The Kier molecular flexibility index (Phi) is 19.1. The highest BCUT2D eigenvalue weighted by atomic mass is 35.7. The largest absolute Gasteiger partial charge is 0.393 e. The first-order valence-electron chi connectivity index (χ1n) is 11.9. The zero-order valence-electron chi connectivity index (χ0n) is 21.7. The maximum absolute atomic E-state index is 11.9. The first kappa shape index (κ1) is 36.7. The second-order valence-electron chi connectivity index (χ2n) is 8.56. The van der Waals surface area contributed by atoms with Gasteiger partial charge in [-0.25, -0.2) is 8.42 Å². The van der Waals surface area contributed by atoms with Crippen LogP contribution in [0.25, 0.3) is 0 Å². The molecule has 9 heteroatoms. The smallest absolute Gasteiger partial charge is 0.297 e. The molecule has 36 heavy (non-hydrogen) atoms. The lowest BCUT2D eigenvalue weighted by molar-refractivity contribution is 0.181. The van der Waals surface area contributed by atoms with E-state index in [1.165, 1.54) is 18.6 Å². The van der Waals surface area contributed by atoms with E-state index in [9.17, 15) is 16.8 Å². The maximum Gasteiger partial charge on any atom is 0.297 e. The predicted molar refractivity (Wildman–Crippen MR) is 151 cm³/mol. The number of halogens is 1. The van der Waals surface area contributed by atoms with Gasteiger partial charge in [0.2, 0.25) is 0 Å². The minimum atomic E-state index is -3.61. The van der Waals surface area contributed by atoms with Crippen molar-refractivity contribution in [1.82, 2.24) is 0 Å². The van der Waals surface area contributed by atoms with Crippen molar-refractivity contribution in [2.24, 2.45) is 0 Å². The van der Waals surface area contributed by atoms with Gasteiger partial charge in [0.1, 0.15) is 0 Å². The van der Waals surface area contributed by atoms with Gasteiger partial charge in [0.05, 0.1) is 22.0 Å². The Morgan fingerprint density at radius 1 is 0.778 bits per heavy atom. The monoisotopic (exact) mass is 564 g/mol. The molecule has 0 saturated heterocycles. The summed E-state index contributed by atoms with van der Waals surface area (Å²) in [6.07, 6.45) is 5.71. The fraction of sp³-hybridized carbons (Fsp3) is 0.556. The number of hydrogen-bond acceptors (Lipinski definition) is 6. The van der Waals surface area contributed by atoms with Crippen molar-refractivity contribution >= 4 is 29.9 Å². The van der Waals surface area contributed by atoms with Gasteiger partial charge in [0.25, 0.3) is 19.2 Å². The molecule has 0 fully saturated rings. The fourth-order valence-corrected chi connectivity index (χ4v) is 4.60. The summed E-state index contributed by atoms with van der Waals surface area (Å²) < 4.78 is 50.3. The zero-order chi connectivity index (χ0) is 27.1. The lowest BCUT2D eigenvalue weighted by Crippen LogP contribution is -2.15. The van der Waals surface area contributed by atoms with Crippen LogP contribution in [0.4, 0.5) is 0 Å². The van der Waals surface area contributed by atoms with E-state index in [1.54, 1.807) is 43.3 Å². The molecule has 0 radical (unpaired) electrons. The SMILES string of the molecule is C.CCCCC(C)O.CCCCC(C)OS(=O)(=O)c1ccc(C)cc1.Cc1ccc(S(=O)(=O)Cl)cc1. The average Bonchev–Trinajstić information content (AvgIpc) is 2.77. The molecule has 0 heterocycles. The molecule has 2 rings (SSSR count). The van der Waals surface area contributed by atoms with Gasteiger partial charge in [-0.05, 0) is 64.8 Å². The molecule has 0 saturated carbocycles. The molecule has 2 aromatic rings. The average molecular weight is 565 g/mol. The summed E-state index contributed by atoms with van der Waals surface area (Å²) in [6.45, 7) is 11.6. The van der Waals surface area contributed by atoms with Gasteiger partial charge in [-0.3, -0.25) is 4.18 Å². The van der Waals surface area contributed by atoms with Crippen molar-refractivity contribution in [2.45, 2.75) is 109 Å². The first-order chi connectivity index (χ1) is 16.2. The highest BCUT2D eigenvalue weighted by molar-refractivity contribution is 8.13. The van der Waals surface area contributed by atoms with Crippen LogP contribution in [0.1, 0.15) is 84.8 Å². The standard InChI is InChI=1S/C13H20O3S.C7H7ClO2S.C6H14O.CH4/c1-4-5-6-12(3)16-17(14,15)13-9-7-11(2)8-10-13;1-6-2-4-7(5-3-6)11(8,9)10;1-3-4-5-6(2)7;/h7-10,12H,4-6H2,1-3H3;2-5H,1H3;6-7H,3-5H2,1-2H3;1H4. The third-order valence-electron chi connectivity index (χ3n) is 4.84. The molecule has 2 atom stereocenters. The van der Waals surface area contributed by atoms with Crippen LogP contribution in [0.15, 0.2) is 58.3 Å². The van der Waals surface area contributed by atoms with E-state index in [1.807, 2.05) is 20.8 Å². The number of aliphatic hydroxyl groups excluding tert-OH is 1. The highest BCUT2D eigenvalue weighted by Crippen LogP contribution is 2.17. The minimum Gasteiger partial charge on any atom is -0.393 e. The van der Waals surface area contributed by atoms with E-state index in [4.69, 9.17) is 20.0 Å². The van der Waals surface area contributed by atoms with Crippen molar-refractivity contribution in [1.29, 1.82) is 0 Å². The number of rotatable bonds is 10. The van der Waals surface area contributed by atoms with Crippen LogP contribution in [0.5, 0.6) is 0 Å². The predicted octanol–water partition coefficient (Wildman–Crippen LogP) is 7.40. The van der Waals surface area contributed by atoms with Crippen LogP contribution in [0.3, 0.4) is 0 Å². The van der Waals surface area contributed by atoms with Crippen LogP contribution in [0.2, 0.25) is 0 Å². The lowest BCUT2D eigenvalue weighted by atomic mass is 10.2. The number of aliphatic hydroxyl groups is 1. The Morgan fingerprint density at radius 3 is 1.50 bits per heavy atom. The summed E-state index contributed by atoms with van der Waals surface area (Å²) in [6, 6.07) is 13.1. The highest BCUT2D eigenvalue weighted by Gasteiger charge is 2.18. The third-order valence-corrected chi connectivity index (χ3v) is 7.64. The van der Waals surface area contributed by atoms with Gasteiger partial charge in [-0.1, -0.05) is 82.3 Å². The normalized spacial score (nSPS) is 12.7.